The minimum Gasteiger partial charge on any atom is -0.339 e. The zero-order valence-corrected chi connectivity index (χ0v) is 12.4. The van der Waals surface area contributed by atoms with Gasteiger partial charge in [-0.3, -0.25) is 4.79 Å². The van der Waals surface area contributed by atoms with Crippen molar-refractivity contribution in [2.24, 2.45) is 11.7 Å². The zero-order chi connectivity index (χ0) is 14.9. The highest BCUT2D eigenvalue weighted by atomic mass is 19.1. The van der Waals surface area contributed by atoms with Gasteiger partial charge >= 0.3 is 0 Å². The Bertz CT molecular complexity index is 501. The second-order valence-corrected chi connectivity index (χ2v) is 6.25. The van der Waals surface area contributed by atoms with Crippen LogP contribution in [0.15, 0.2) is 24.3 Å². The van der Waals surface area contributed by atoms with Crippen LogP contribution in [0, 0.1) is 11.7 Å². The molecule has 1 fully saturated rings. The first-order chi connectivity index (χ1) is 9.37. The maximum atomic E-state index is 14.0. The fraction of sp³-hybridized carbons (Fsp3) is 0.562. The van der Waals surface area contributed by atoms with Crippen LogP contribution >= 0.6 is 0 Å². The van der Waals surface area contributed by atoms with Crippen molar-refractivity contribution in [3.63, 3.8) is 0 Å². The van der Waals surface area contributed by atoms with E-state index in [0.29, 0.717) is 24.6 Å². The summed E-state index contributed by atoms with van der Waals surface area (Å²) in [6.45, 7) is 6.88. The predicted molar refractivity (Wildman–Crippen MR) is 77.8 cm³/mol. The molecule has 0 spiro atoms. The number of hydrogen-bond acceptors (Lipinski definition) is 2. The lowest BCUT2D eigenvalue weighted by Crippen LogP contribution is -2.45. The Morgan fingerprint density at radius 2 is 2.10 bits per heavy atom. The molecule has 0 saturated carbocycles. The summed E-state index contributed by atoms with van der Waals surface area (Å²) < 4.78 is 14.0. The lowest BCUT2D eigenvalue weighted by atomic mass is 9.82. The number of nitrogens with zero attached hydrogens (tertiary/aromatic N) is 1. The van der Waals surface area contributed by atoms with Crippen molar-refractivity contribution in [3.8, 4) is 0 Å². The van der Waals surface area contributed by atoms with E-state index in [-0.39, 0.29) is 17.8 Å². The van der Waals surface area contributed by atoms with Crippen LogP contribution in [0.4, 0.5) is 4.39 Å². The molecule has 0 bridgehead atoms. The van der Waals surface area contributed by atoms with Crippen LogP contribution in [0.25, 0.3) is 0 Å². The van der Waals surface area contributed by atoms with Gasteiger partial charge in [0, 0.05) is 18.2 Å². The molecule has 1 aliphatic heterocycles. The third kappa shape index (κ3) is 2.57. The van der Waals surface area contributed by atoms with Gasteiger partial charge in [0.2, 0.25) is 5.91 Å². The van der Waals surface area contributed by atoms with E-state index in [1.807, 2.05) is 11.8 Å². The zero-order valence-electron chi connectivity index (χ0n) is 12.4. The van der Waals surface area contributed by atoms with Crippen molar-refractivity contribution in [1.82, 2.24) is 4.90 Å². The smallest absolute Gasteiger partial charge is 0.233 e. The van der Waals surface area contributed by atoms with Crippen LogP contribution in [0.2, 0.25) is 0 Å². The van der Waals surface area contributed by atoms with Gasteiger partial charge < -0.3 is 10.6 Å². The van der Waals surface area contributed by atoms with Crippen molar-refractivity contribution >= 4 is 5.91 Å². The molecule has 4 heteroatoms. The van der Waals surface area contributed by atoms with Gasteiger partial charge in [0.1, 0.15) is 5.82 Å². The largest absolute Gasteiger partial charge is 0.339 e. The molecule has 1 saturated heterocycles. The first kappa shape index (κ1) is 15.0. The fourth-order valence-electron chi connectivity index (χ4n) is 3.04. The van der Waals surface area contributed by atoms with E-state index >= 15 is 0 Å². The Kier molecular flexibility index (Phi) is 4.14. The van der Waals surface area contributed by atoms with Crippen molar-refractivity contribution in [2.75, 3.05) is 13.1 Å². The standard InChI is InChI=1S/C16H23FN2O/c1-11-8-12(9-18)10-19(11)15(20)16(2,3)13-6-4-5-7-14(13)17/h4-7,11-12H,8-10,18H2,1-3H3. The third-order valence-corrected chi connectivity index (χ3v) is 4.34. The van der Waals surface area contributed by atoms with E-state index in [9.17, 15) is 9.18 Å². The Morgan fingerprint density at radius 1 is 1.45 bits per heavy atom. The van der Waals surface area contributed by atoms with Crippen LogP contribution in [0.5, 0.6) is 0 Å². The molecule has 2 atom stereocenters. The van der Waals surface area contributed by atoms with Gasteiger partial charge in [-0.1, -0.05) is 18.2 Å². The number of carbonyl (C=O) groups is 1. The van der Waals surface area contributed by atoms with Gasteiger partial charge in [-0.15, -0.1) is 0 Å². The molecular weight excluding hydrogens is 255 g/mol. The highest BCUT2D eigenvalue weighted by Gasteiger charge is 2.41. The molecule has 20 heavy (non-hydrogen) atoms. The molecule has 2 N–H and O–H groups in total. The Hall–Kier alpha value is -1.42. The van der Waals surface area contributed by atoms with Gasteiger partial charge in [0.05, 0.1) is 5.41 Å². The van der Waals surface area contributed by atoms with Gasteiger partial charge in [0.25, 0.3) is 0 Å². The predicted octanol–water partition coefficient (Wildman–Crippen LogP) is 2.30. The number of carbonyl (C=O) groups excluding carboxylic acids is 1. The molecule has 0 aromatic heterocycles. The molecule has 2 rings (SSSR count). The summed E-state index contributed by atoms with van der Waals surface area (Å²) in [6, 6.07) is 6.67. The van der Waals surface area contributed by atoms with Crippen LogP contribution < -0.4 is 5.73 Å². The van der Waals surface area contributed by atoms with Gasteiger partial charge in [0.15, 0.2) is 0 Å². The third-order valence-electron chi connectivity index (χ3n) is 4.34. The molecular formula is C16H23FN2O. The fourth-order valence-corrected chi connectivity index (χ4v) is 3.04. The summed E-state index contributed by atoms with van der Waals surface area (Å²) in [6.07, 6.45) is 0.926. The molecule has 1 aromatic carbocycles. The summed E-state index contributed by atoms with van der Waals surface area (Å²) in [5, 5.41) is 0. The Balaban J connectivity index is 2.26. The molecule has 1 aromatic rings. The average molecular weight is 278 g/mol. The first-order valence-electron chi connectivity index (χ1n) is 7.14. The molecule has 1 amide bonds. The van der Waals surface area contributed by atoms with Crippen LogP contribution in [-0.2, 0) is 10.2 Å². The van der Waals surface area contributed by atoms with Gasteiger partial charge in [-0.05, 0) is 45.7 Å². The molecule has 1 heterocycles. The maximum Gasteiger partial charge on any atom is 0.233 e. The number of amides is 1. The minimum absolute atomic E-state index is 0.0222. The summed E-state index contributed by atoms with van der Waals surface area (Å²) in [5.41, 5.74) is 5.30. The number of hydrogen-bond donors (Lipinski definition) is 1. The maximum absolute atomic E-state index is 14.0. The quantitative estimate of drug-likeness (QED) is 0.922. The number of nitrogens with two attached hydrogens (primary N) is 1. The summed E-state index contributed by atoms with van der Waals surface area (Å²) >= 11 is 0. The summed E-state index contributed by atoms with van der Waals surface area (Å²) in [5.74, 6) is 0.00416. The highest BCUT2D eigenvalue weighted by Crippen LogP contribution is 2.32. The number of rotatable bonds is 3. The molecule has 2 unspecified atom stereocenters. The van der Waals surface area contributed by atoms with E-state index in [0.717, 1.165) is 6.42 Å². The number of benzene rings is 1. The number of halogens is 1. The molecule has 0 aliphatic carbocycles. The van der Waals surface area contributed by atoms with E-state index < -0.39 is 5.41 Å². The normalized spacial score (nSPS) is 23.1. The summed E-state index contributed by atoms with van der Waals surface area (Å²) in [4.78, 5) is 14.7. The van der Waals surface area contributed by atoms with E-state index in [4.69, 9.17) is 5.73 Å². The van der Waals surface area contributed by atoms with E-state index in [1.54, 1.807) is 32.0 Å². The van der Waals surface area contributed by atoms with Crippen molar-refractivity contribution < 1.29 is 9.18 Å². The Labute approximate surface area is 120 Å². The molecule has 3 nitrogen and oxygen atoms in total. The van der Waals surface area contributed by atoms with Crippen LogP contribution in [0.1, 0.15) is 32.8 Å². The molecule has 0 radical (unpaired) electrons. The van der Waals surface area contributed by atoms with Crippen molar-refractivity contribution in [2.45, 2.75) is 38.6 Å². The average Bonchev–Trinajstić information content (AvgIpc) is 2.79. The van der Waals surface area contributed by atoms with E-state index in [2.05, 4.69) is 0 Å². The lowest BCUT2D eigenvalue weighted by Gasteiger charge is -2.32. The molecule has 110 valence electrons. The SMILES string of the molecule is CC1CC(CN)CN1C(=O)C(C)(C)c1ccccc1F. The van der Waals surface area contributed by atoms with Gasteiger partial charge in [-0.2, -0.15) is 0 Å². The monoisotopic (exact) mass is 278 g/mol. The molecule has 1 aliphatic rings. The summed E-state index contributed by atoms with van der Waals surface area (Å²) in [7, 11) is 0. The lowest BCUT2D eigenvalue weighted by molar-refractivity contribution is -0.137. The van der Waals surface area contributed by atoms with Crippen LogP contribution in [-0.4, -0.2) is 29.9 Å². The Morgan fingerprint density at radius 3 is 2.65 bits per heavy atom. The number of likely N-dealkylation sites (tertiary alicyclic amines) is 1. The highest BCUT2D eigenvalue weighted by molar-refractivity contribution is 5.88. The van der Waals surface area contributed by atoms with Crippen molar-refractivity contribution in [1.29, 1.82) is 0 Å². The second kappa shape index (κ2) is 5.52. The topological polar surface area (TPSA) is 46.3 Å². The second-order valence-electron chi connectivity index (χ2n) is 6.25. The van der Waals surface area contributed by atoms with E-state index in [1.165, 1.54) is 6.07 Å². The van der Waals surface area contributed by atoms with Gasteiger partial charge in [-0.25, -0.2) is 4.39 Å². The minimum atomic E-state index is -0.858. The first-order valence-corrected chi connectivity index (χ1v) is 7.14. The van der Waals surface area contributed by atoms with Crippen LogP contribution in [0.3, 0.4) is 0 Å². The van der Waals surface area contributed by atoms with Crippen molar-refractivity contribution in [3.05, 3.63) is 35.6 Å².